The van der Waals surface area contributed by atoms with Gasteiger partial charge in [0.05, 0.1) is 11.0 Å². The van der Waals surface area contributed by atoms with E-state index in [2.05, 4.69) is 6.07 Å². The van der Waals surface area contributed by atoms with E-state index in [4.69, 9.17) is 15.7 Å². The van der Waals surface area contributed by atoms with Crippen molar-refractivity contribution < 1.29 is 13.2 Å². The standard InChI is InChI=1S/C13H16N2O3S/c1-19(16,17)12-4-2-3-11(7-12)18-9-13(15,8-14)10-5-6-10/h2-4,7,10H,5-6,9,15H2,1H3. The van der Waals surface area contributed by atoms with Gasteiger partial charge in [0, 0.05) is 6.26 Å². The van der Waals surface area contributed by atoms with Gasteiger partial charge in [-0.1, -0.05) is 6.07 Å². The summed E-state index contributed by atoms with van der Waals surface area (Å²) in [5.74, 6) is 0.587. The molecule has 6 heteroatoms. The molecule has 2 N–H and O–H groups in total. The van der Waals surface area contributed by atoms with E-state index in [0.717, 1.165) is 19.1 Å². The van der Waals surface area contributed by atoms with Crippen LogP contribution in [0.15, 0.2) is 29.2 Å². The Bertz CT molecular complexity index is 617. The summed E-state index contributed by atoms with van der Waals surface area (Å²) in [5, 5.41) is 9.11. The van der Waals surface area contributed by atoms with Gasteiger partial charge in [-0.3, -0.25) is 0 Å². The predicted molar refractivity (Wildman–Crippen MR) is 70.3 cm³/mol. The first-order chi connectivity index (χ1) is 8.85. The summed E-state index contributed by atoms with van der Waals surface area (Å²) in [6.45, 7) is 0.0708. The molecular weight excluding hydrogens is 264 g/mol. The van der Waals surface area contributed by atoms with E-state index >= 15 is 0 Å². The molecule has 1 saturated carbocycles. The third-order valence-electron chi connectivity index (χ3n) is 3.23. The lowest BCUT2D eigenvalue weighted by Gasteiger charge is -2.21. The van der Waals surface area contributed by atoms with Gasteiger partial charge in [0.1, 0.15) is 17.9 Å². The van der Waals surface area contributed by atoms with Gasteiger partial charge in [-0.2, -0.15) is 5.26 Å². The highest BCUT2D eigenvalue weighted by molar-refractivity contribution is 7.90. The van der Waals surface area contributed by atoms with E-state index in [1.54, 1.807) is 12.1 Å². The minimum Gasteiger partial charge on any atom is -0.490 e. The van der Waals surface area contributed by atoms with Crippen LogP contribution in [0, 0.1) is 17.2 Å². The van der Waals surface area contributed by atoms with E-state index in [-0.39, 0.29) is 17.4 Å². The van der Waals surface area contributed by atoms with Crippen LogP contribution in [0.5, 0.6) is 5.75 Å². The lowest BCUT2D eigenvalue weighted by molar-refractivity contribution is 0.236. The molecule has 1 aliphatic rings. The van der Waals surface area contributed by atoms with Crippen LogP contribution in [0.3, 0.4) is 0 Å². The zero-order valence-corrected chi connectivity index (χ0v) is 11.5. The Morgan fingerprint density at radius 2 is 2.21 bits per heavy atom. The molecule has 0 aliphatic heterocycles. The molecular formula is C13H16N2O3S. The highest BCUT2D eigenvalue weighted by Crippen LogP contribution is 2.38. The maximum absolute atomic E-state index is 11.4. The number of benzene rings is 1. The maximum Gasteiger partial charge on any atom is 0.175 e. The zero-order valence-electron chi connectivity index (χ0n) is 10.7. The monoisotopic (exact) mass is 280 g/mol. The number of rotatable bonds is 5. The second-order valence-electron chi connectivity index (χ2n) is 4.96. The van der Waals surface area contributed by atoms with Crippen molar-refractivity contribution in [2.75, 3.05) is 12.9 Å². The molecule has 102 valence electrons. The number of hydrogen-bond acceptors (Lipinski definition) is 5. The lowest BCUT2D eigenvalue weighted by Crippen LogP contribution is -2.46. The number of nitrogens with zero attached hydrogens (tertiary/aromatic N) is 1. The van der Waals surface area contributed by atoms with Gasteiger partial charge < -0.3 is 10.5 Å². The summed E-state index contributed by atoms with van der Waals surface area (Å²) in [4.78, 5) is 0.191. The molecule has 0 amide bonds. The second-order valence-corrected chi connectivity index (χ2v) is 6.98. The van der Waals surface area contributed by atoms with Gasteiger partial charge in [0.2, 0.25) is 0 Å². The average Bonchev–Trinajstić information content (AvgIpc) is 3.20. The van der Waals surface area contributed by atoms with Crippen LogP contribution in [0.4, 0.5) is 0 Å². The number of hydrogen-bond donors (Lipinski definition) is 1. The topological polar surface area (TPSA) is 93.2 Å². The van der Waals surface area contributed by atoms with E-state index in [1.165, 1.54) is 12.1 Å². The fourth-order valence-electron chi connectivity index (χ4n) is 1.84. The van der Waals surface area contributed by atoms with Crippen LogP contribution in [-0.4, -0.2) is 26.8 Å². The Hall–Kier alpha value is -1.58. The smallest absolute Gasteiger partial charge is 0.175 e. The fraction of sp³-hybridized carbons (Fsp3) is 0.462. The van der Waals surface area contributed by atoms with Crippen molar-refractivity contribution in [3.05, 3.63) is 24.3 Å². The third kappa shape index (κ3) is 3.25. The van der Waals surface area contributed by atoms with Crippen LogP contribution < -0.4 is 10.5 Å². The van der Waals surface area contributed by atoms with Crippen molar-refractivity contribution in [1.29, 1.82) is 5.26 Å². The lowest BCUT2D eigenvalue weighted by atomic mass is 9.98. The zero-order chi connectivity index (χ0) is 14.1. The average molecular weight is 280 g/mol. The Balaban J connectivity index is 2.10. The first-order valence-electron chi connectivity index (χ1n) is 5.98. The molecule has 1 atom stereocenters. The number of ether oxygens (including phenoxy) is 1. The summed E-state index contributed by atoms with van der Waals surface area (Å²) in [5.41, 5.74) is 4.98. The molecule has 1 unspecified atom stereocenters. The van der Waals surface area contributed by atoms with Crippen LogP contribution in [0.1, 0.15) is 12.8 Å². The summed E-state index contributed by atoms with van der Waals surface area (Å²) < 4.78 is 28.3. The van der Waals surface area contributed by atoms with Crippen molar-refractivity contribution in [2.24, 2.45) is 11.7 Å². The maximum atomic E-state index is 11.4. The quantitative estimate of drug-likeness (QED) is 0.871. The van der Waals surface area contributed by atoms with Gasteiger partial charge >= 0.3 is 0 Å². The Labute approximate surface area is 112 Å². The van der Waals surface area contributed by atoms with Gasteiger partial charge in [-0.05, 0) is 37.0 Å². The van der Waals surface area contributed by atoms with Crippen LogP contribution in [0.25, 0.3) is 0 Å². The van der Waals surface area contributed by atoms with Crippen molar-refractivity contribution in [1.82, 2.24) is 0 Å². The molecule has 0 spiro atoms. The summed E-state index contributed by atoms with van der Waals surface area (Å²) >= 11 is 0. The largest absolute Gasteiger partial charge is 0.490 e. The van der Waals surface area contributed by atoms with Crippen molar-refractivity contribution >= 4 is 9.84 Å². The third-order valence-corrected chi connectivity index (χ3v) is 4.34. The minimum atomic E-state index is -3.26. The van der Waals surface area contributed by atoms with Crippen molar-refractivity contribution in [3.8, 4) is 11.8 Å². The molecule has 0 heterocycles. The summed E-state index contributed by atoms with van der Waals surface area (Å²) in [6, 6.07) is 8.29. The highest BCUT2D eigenvalue weighted by atomic mass is 32.2. The molecule has 1 aliphatic carbocycles. The Kier molecular flexibility index (Phi) is 3.52. The molecule has 0 saturated heterocycles. The van der Waals surface area contributed by atoms with E-state index in [1.807, 2.05) is 0 Å². The minimum absolute atomic E-state index is 0.0708. The molecule has 0 aromatic heterocycles. The van der Waals surface area contributed by atoms with Gasteiger partial charge in [0.25, 0.3) is 0 Å². The van der Waals surface area contributed by atoms with Crippen LogP contribution in [-0.2, 0) is 9.84 Å². The molecule has 1 aromatic rings. The molecule has 1 aromatic carbocycles. The van der Waals surface area contributed by atoms with Crippen molar-refractivity contribution in [3.63, 3.8) is 0 Å². The summed E-state index contributed by atoms with van der Waals surface area (Å²) in [7, 11) is -3.26. The first-order valence-corrected chi connectivity index (χ1v) is 7.87. The molecule has 19 heavy (non-hydrogen) atoms. The van der Waals surface area contributed by atoms with E-state index < -0.39 is 15.4 Å². The second kappa shape index (κ2) is 4.83. The molecule has 2 rings (SSSR count). The predicted octanol–water partition coefficient (Wildman–Crippen LogP) is 1.10. The molecule has 0 radical (unpaired) electrons. The van der Waals surface area contributed by atoms with Gasteiger partial charge in [-0.25, -0.2) is 8.42 Å². The molecule has 5 nitrogen and oxygen atoms in total. The first kappa shape index (κ1) is 13.8. The number of nitriles is 1. The molecule has 0 bridgehead atoms. The van der Waals surface area contributed by atoms with Gasteiger partial charge in [0.15, 0.2) is 9.84 Å². The Morgan fingerprint density at radius 3 is 2.74 bits per heavy atom. The van der Waals surface area contributed by atoms with Crippen molar-refractivity contribution in [2.45, 2.75) is 23.3 Å². The normalized spacial score (nSPS) is 18.4. The highest BCUT2D eigenvalue weighted by Gasteiger charge is 2.43. The summed E-state index contributed by atoms with van der Waals surface area (Å²) in [6.07, 6.45) is 3.02. The van der Waals surface area contributed by atoms with Crippen LogP contribution in [0.2, 0.25) is 0 Å². The van der Waals surface area contributed by atoms with E-state index in [9.17, 15) is 8.42 Å². The SMILES string of the molecule is CS(=O)(=O)c1cccc(OCC(N)(C#N)C2CC2)c1. The van der Waals surface area contributed by atoms with Gasteiger partial charge in [-0.15, -0.1) is 0 Å². The number of nitrogens with two attached hydrogens (primary N) is 1. The number of sulfone groups is 1. The molecule has 1 fully saturated rings. The van der Waals surface area contributed by atoms with E-state index in [0.29, 0.717) is 5.75 Å². The Morgan fingerprint density at radius 1 is 1.53 bits per heavy atom. The van der Waals surface area contributed by atoms with Crippen LogP contribution >= 0.6 is 0 Å². The fourth-order valence-corrected chi connectivity index (χ4v) is 2.49.